The van der Waals surface area contributed by atoms with Gasteiger partial charge in [0.2, 0.25) is 10.0 Å². The molecule has 7 aromatic rings. The summed E-state index contributed by atoms with van der Waals surface area (Å²) in [7, 11) is -15.7. The Kier molecular flexibility index (Phi) is 13.3. The largest absolute Gasteiger partial charge is 0.328 e. The van der Waals surface area contributed by atoms with Gasteiger partial charge >= 0.3 is 18.1 Å². The van der Waals surface area contributed by atoms with Gasteiger partial charge in [0.25, 0.3) is 10.1 Å². The number of aromatic amines is 2. The summed E-state index contributed by atoms with van der Waals surface area (Å²) in [5, 5.41) is 16.3. The summed E-state index contributed by atoms with van der Waals surface area (Å²) in [6.45, 7) is 0. The maximum atomic E-state index is 9.72. The number of aromatic nitrogens is 8. The van der Waals surface area contributed by atoms with Crippen LogP contribution in [0.5, 0.6) is 0 Å². The molecular formula is C34H32CuN12O9S4. The SMILES string of the molecule is CS(=O)(=O)ON.CS(N)(=O)=O.NS(=O)(=O)S(N)(=O)=O.[Cu].c1ccc2c(c1)-c1nc-2nc2[nH]c(nc3nc(nc4[nH]c(n1)c1ccccc41)-c1ccccc1-3)c1ccccc21. The number of fused-ring (bicyclic) bond motifs is 20. The Morgan fingerprint density at radius 3 is 0.817 bits per heavy atom. The van der Waals surface area contributed by atoms with Crippen LogP contribution in [0.15, 0.2) is 97.1 Å². The van der Waals surface area contributed by atoms with Crippen molar-refractivity contribution in [2.45, 2.75) is 0 Å². The van der Waals surface area contributed by atoms with E-state index in [0.29, 0.717) is 45.9 Å². The van der Waals surface area contributed by atoms with Crippen molar-refractivity contribution in [2.75, 3.05) is 12.5 Å². The van der Waals surface area contributed by atoms with E-state index >= 15 is 0 Å². The minimum atomic E-state index is -4.59. The molecule has 0 fully saturated rings. The van der Waals surface area contributed by atoms with Gasteiger partial charge in [-0.05, 0) is 0 Å². The summed E-state index contributed by atoms with van der Waals surface area (Å²) in [5.41, 5.74) is 6.45. The Balaban J connectivity index is 0.000000288. The van der Waals surface area contributed by atoms with Crippen LogP contribution < -0.4 is 21.3 Å². The first-order valence-corrected chi connectivity index (χ1v) is 23.8. The van der Waals surface area contributed by atoms with Crippen LogP contribution in [0.4, 0.5) is 0 Å². The predicted molar refractivity (Wildman–Crippen MR) is 221 cm³/mol. The Hall–Kier alpha value is -5.64. The molecule has 0 amide bonds. The van der Waals surface area contributed by atoms with Gasteiger partial charge in [-0.3, -0.25) is 0 Å². The van der Waals surface area contributed by atoms with Crippen molar-refractivity contribution in [3.63, 3.8) is 0 Å². The number of primary sulfonamides is 1. The number of benzene rings is 4. The average Bonchev–Trinajstić information content (AvgIpc) is 3.89. The molecule has 2 aliphatic rings. The summed E-state index contributed by atoms with van der Waals surface area (Å²) in [4.78, 5) is 36.8. The number of hydrogen-bond donors (Lipinski definition) is 6. The molecule has 9 rings (SSSR count). The third kappa shape index (κ3) is 10.6. The van der Waals surface area contributed by atoms with Gasteiger partial charge in [-0.1, -0.05) is 97.1 Å². The van der Waals surface area contributed by atoms with Crippen molar-refractivity contribution in [3.8, 4) is 45.6 Å². The predicted octanol–water partition coefficient (Wildman–Crippen LogP) is 2.09. The minimum absolute atomic E-state index is 0. The summed E-state index contributed by atoms with van der Waals surface area (Å²) in [6, 6.07) is 32.2. The van der Waals surface area contributed by atoms with E-state index in [1.807, 2.05) is 97.1 Å². The van der Waals surface area contributed by atoms with Crippen LogP contribution in [0.25, 0.3) is 89.7 Å². The summed E-state index contributed by atoms with van der Waals surface area (Å²) >= 11 is 0. The van der Waals surface area contributed by atoms with Crippen LogP contribution in [-0.4, -0.2) is 86.1 Å². The normalized spacial score (nSPS) is 12.0. The van der Waals surface area contributed by atoms with E-state index in [0.717, 1.165) is 56.3 Å². The number of nitrogens with two attached hydrogens (primary N) is 4. The molecule has 317 valence electrons. The Morgan fingerprint density at radius 1 is 0.433 bits per heavy atom. The molecule has 8 bridgehead atoms. The second-order valence-corrected chi connectivity index (χ2v) is 20.4. The summed E-state index contributed by atoms with van der Waals surface area (Å²) < 4.78 is 80.4. The molecule has 0 aliphatic carbocycles. The van der Waals surface area contributed by atoms with Crippen molar-refractivity contribution in [2.24, 2.45) is 21.3 Å². The standard InChI is InChI=1S/C32H18N8.CH5NO3S.CH5NO2S.Cu.H4N2O4S2/c1-2-10-18-17(9-1)25-33-26(18)38-28-21-13-5-6-14-22(21)30(35-28)40-32-24-16-8-7-15-23(24)31(36-32)39-29-20-12-4-3-11-19(20)27(34-29)37-25;1-6(3,4)5-2;1-5(2,3)4;;1-7(3,4)8(2,5)6/h1-16H,(H2,33,34,35,36,37,38,39,40);2H2,1H3;1H3,(H2,2,3,4);;(H2,1,3,4)(H2,2,5,6). The molecule has 0 atom stereocenters. The van der Waals surface area contributed by atoms with E-state index in [-0.39, 0.29) is 17.1 Å². The Bertz CT molecular complexity index is 3060. The zero-order chi connectivity index (χ0) is 42.9. The fourth-order valence-corrected chi connectivity index (χ4v) is 5.59. The van der Waals surface area contributed by atoms with E-state index in [4.69, 9.17) is 29.9 Å². The van der Waals surface area contributed by atoms with Crippen molar-refractivity contribution in [1.82, 2.24) is 39.9 Å². The smallest absolute Gasteiger partial charge is 0.324 e. The summed E-state index contributed by atoms with van der Waals surface area (Å²) in [6.07, 6.45) is 1.81. The van der Waals surface area contributed by atoms with Crippen LogP contribution in [0.2, 0.25) is 0 Å². The molecule has 10 N–H and O–H groups in total. The minimum Gasteiger partial charge on any atom is -0.324 e. The van der Waals surface area contributed by atoms with Gasteiger partial charge in [-0.15, -0.1) is 0 Å². The first kappa shape index (κ1) is 45.4. The third-order valence-corrected chi connectivity index (χ3v) is 10.9. The van der Waals surface area contributed by atoms with Crippen molar-refractivity contribution in [1.29, 1.82) is 0 Å². The molecule has 0 spiro atoms. The van der Waals surface area contributed by atoms with E-state index < -0.39 is 38.3 Å². The molecule has 21 nitrogen and oxygen atoms in total. The van der Waals surface area contributed by atoms with Gasteiger partial charge in [-0.2, -0.15) is 35.4 Å². The van der Waals surface area contributed by atoms with Crippen LogP contribution in [0, 0.1) is 0 Å². The molecule has 0 saturated carbocycles. The molecular weight excluding hydrogens is 912 g/mol. The third-order valence-electron chi connectivity index (χ3n) is 7.96. The maximum absolute atomic E-state index is 9.72. The van der Waals surface area contributed by atoms with Crippen molar-refractivity contribution >= 4 is 82.4 Å². The molecule has 5 heterocycles. The molecule has 0 unspecified atom stereocenters. The molecule has 1 radical (unpaired) electrons. The van der Waals surface area contributed by atoms with Gasteiger partial charge in [0.15, 0.2) is 23.3 Å². The van der Waals surface area contributed by atoms with Gasteiger partial charge < -0.3 is 9.97 Å². The number of nitrogens with zero attached hydrogens (tertiary/aromatic N) is 6. The van der Waals surface area contributed by atoms with E-state index in [1.165, 1.54) is 0 Å². The molecule has 26 heteroatoms. The van der Waals surface area contributed by atoms with Crippen LogP contribution in [0.3, 0.4) is 0 Å². The van der Waals surface area contributed by atoms with Gasteiger partial charge in [0.1, 0.15) is 22.6 Å². The van der Waals surface area contributed by atoms with Crippen LogP contribution in [0.1, 0.15) is 0 Å². The maximum Gasteiger partial charge on any atom is 0.328 e. The Labute approximate surface area is 351 Å². The number of hydrogen-bond acceptors (Lipinski definition) is 16. The quantitative estimate of drug-likeness (QED) is 0.0821. The Morgan fingerprint density at radius 2 is 0.633 bits per heavy atom. The van der Waals surface area contributed by atoms with E-state index in [9.17, 15) is 33.7 Å². The molecule has 3 aromatic heterocycles. The molecule has 0 saturated heterocycles. The fraction of sp³-hybridized carbons (Fsp3) is 0.0588. The van der Waals surface area contributed by atoms with Crippen molar-refractivity contribution < 1.29 is 55.0 Å². The first-order valence-electron chi connectivity index (χ1n) is 16.4. The topological polar surface area (TPSA) is 359 Å². The van der Waals surface area contributed by atoms with Gasteiger partial charge in [-0.25, -0.2) is 53.7 Å². The second kappa shape index (κ2) is 17.5. The monoisotopic (exact) mass is 943 g/mol. The summed E-state index contributed by atoms with van der Waals surface area (Å²) in [5.74, 6) is 6.61. The molecule has 2 aliphatic heterocycles. The molecule has 4 aromatic carbocycles. The van der Waals surface area contributed by atoms with E-state index in [2.05, 4.69) is 35.6 Å². The van der Waals surface area contributed by atoms with Crippen LogP contribution in [-0.2, 0) is 59.6 Å². The van der Waals surface area contributed by atoms with Crippen LogP contribution >= 0.6 is 0 Å². The zero-order valence-electron chi connectivity index (χ0n) is 30.8. The van der Waals surface area contributed by atoms with Crippen molar-refractivity contribution in [3.05, 3.63) is 97.1 Å². The first-order chi connectivity index (χ1) is 27.6. The number of rotatable bonds is 2. The van der Waals surface area contributed by atoms with Gasteiger partial charge in [0, 0.05) is 60.9 Å². The fourth-order valence-electron chi connectivity index (χ4n) is 5.59. The average molecular weight is 945 g/mol. The molecule has 60 heavy (non-hydrogen) atoms. The number of sulfonamides is 1. The van der Waals surface area contributed by atoms with E-state index in [1.54, 1.807) is 0 Å². The van der Waals surface area contributed by atoms with Gasteiger partial charge in [0.05, 0.1) is 12.5 Å². The zero-order valence-corrected chi connectivity index (χ0v) is 35.0. The number of nitrogens with one attached hydrogen (secondary N) is 2. The second-order valence-electron chi connectivity index (χ2n) is 12.4. The number of H-pyrrole nitrogens is 2.